The maximum Gasteiger partial charge on any atom is 0.305 e. The molecule has 2 heteroatoms. The van der Waals surface area contributed by atoms with Crippen molar-refractivity contribution in [3.05, 3.63) is 48.6 Å². The topological polar surface area (TPSA) is 26.3 Å². The number of esters is 1. The van der Waals surface area contributed by atoms with Crippen molar-refractivity contribution < 1.29 is 9.53 Å². The number of carbonyl (C=O) groups is 1. The molecule has 0 aromatic rings. The van der Waals surface area contributed by atoms with Gasteiger partial charge in [0.25, 0.3) is 0 Å². The van der Waals surface area contributed by atoms with Gasteiger partial charge in [-0.25, -0.2) is 0 Å². The van der Waals surface area contributed by atoms with Crippen LogP contribution in [-0.4, -0.2) is 13.1 Å². The molecule has 0 unspecified atom stereocenters. The van der Waals surface area contributed by atoms with Crippen molar-refractivity contribution >= 4 is 5.97 Å². The molecule has 0 aliphatic rings. The first-order valence-corrected chi connectivity index (χ1v) is 9.74. The van der Waals surface area contributed by atoms with E-state index in [1.54, 1.807) is 0 Å². The van der Waals surface area contributed by atoms with Gasteiger partial charge >= 0.3 is 5.97 Å². The molecule has 0 aromatic heterocycles. The molecular formula is C23H38O2. The van der Waals surface area contributed by atoms with Crippen LogP contribution >= 0.6 is 0 Å². The smallest absolute Gasteiger partial charge is 0.305 e. The number of allylic oxidation sites excluding steroid dienone is 8. The fraction of sp³-hybridized carbons (Fsp3) is 0.609. The minimum atomic E-state index is -0.129. The van der Waals surface area contributed by atoms with Gasteiger partial charge in [-0.2, -0.15) is 0 Å². The number of hydrogen-bond donors (Lipinski definition) is 0. The van der Waals surface area contributed by atoms with Gasteiger partial charge in [-0.05, 0) is 38.5 Å². The number of ether oxygens (including phenoxy) is 1. The predicted molar refractivity (Wildman–Crippen MR) is 110 cm³/mol. The zero-order chi connectivity index (χ0) is 18.8. The lowest BCUT2D eigenvalue weighted by molar-refractivity contribution is -0.140. The van der Waals surface area contributed by atoms with Crippen LogP contribution in [0.5, 0.6) is 0 Å². The number of methoxy groups -OCH3 is 1. The minimum Gasteiger partial charge on any atom is -0.469 e. The molecule has 0 atom stereocenters. The molecule has 0 aliphatic carbocycles. The highest BCUT2D eigenvalue weighted by Gasteiger charge is 2.07. The quantitative estimate of drug-likeness (QED) is 0.193. The Morgan fingerprint density at radius 2 is 1.44 bits per heavy atom. The van der Waals surface area contributed by atoms with Crippen molar-refractivity contribution in [2.45, 2.75) is 78.6 Å². The number of unbranched alkanes of at least 4 members (excludes halogenated alkanes) is 4. The second-order valence-corrected chi connectivity index (χ2v) is 7.00. The third-order valence-electron chi connectivity index (χ3n) is 3.93. The number of rotatable bonds is 14. The molecule has 0 saturated carbocycles. The Bertz CT molecular complexity index is 439. The van der Waals surface area contributed by atoms with E-state index in [1.165, 1.54) is 32.8 Å². The molecule has 0 aromatic carbocycles. The summed E-state index contributed by atoms with van der Waals surface area (Å²) in [6.07, 6.45) is 27.3. The van der Waals surface area contributed by atoms with E-state index in [1.807, 2.05) is 0 Å². The standard InChI is InChI=1S/C23H38O2/c1-5-6-7-8-9-10-11-12-13-14-17-20-23(2,3)21-18-15-16-19-22(24)25-4/h9-10,12-13,17-18,20-21H,5-8,11,14-16,19H2,1-4H3/b10-9+,13-12+,20-17+,21-18+. The van der Waals surface area contributed by atoms with Gasteiger partial charge in [-0.3, -0.25) is 4.79 Å². The Balaban J connectivity index is 3.86. The van der Waals surface area contributed by atoms with Crippen LogP contribution in [-0.2, 0) is 9.53 Å². The van der Waals surface area contributed by atoms with Crippen molar-refractivity contribution in [2.24, 2.45) is 5.41 Å². The van der Waals surface area contributed by atoms with Crippen LogP contribution in [0.15, 0.2) is 48.6 Å². The van der Waals surface area contributed by atoms with Gasteiger partial charge in [-0.15, -0.1) is 0 Å². The zero-order valence-corrected chi connectivity index (χ0v) is 16.8. The van der Waals surface area contributed by atoms with Crippen LogP contribution in [0.2, 0.25) is 0 Å². The summed E-state index contributed by atoms with van der Waals surface area (Å²) in [5, 5.41) is 0. The summed E-state index contributed by atoms with van der Waals surface area (Å²) in [4.78, 5) is 11.0. The summed E-state index contributed by atoms with van der Waals surface area (Å²) in [6, 6.07) is 0. The normalized spacial score (nSPS) is 13.0. The second kappa shape index (κ2) is 15.9. The predicted octanol–water partition coefficient (Wildman–Crippen LogP) is 6.94. The lowest BCUT2D eigenvalue weighted by Crippen LogP contribution is -2.02. The molecule has 0 bridgehead atoms. The van der Waals surface area contributed by atoms with Crippen LogP contribution in [0.25, 0.3) is 0 Å². The van der Waals surface area contributed by atoms with Gasteiger partial charge < -0.3 is 4.74 Å². The molecule has 0 rings (SSSR count). The van der Waals surface area contributed by atoms with Gasteiger partial charge in [0.1, 0.15) is 0 Å². The third-order valence-corrected chi connectivity index (χ3v) is 3.93. The van der Waals surface area contributed by atoms with Crippen LogP contribution in [0, 0.1) is 5.41 Å². The van der Waals surface area contributed by atoms with Crippen LogP contribution in [0.4, 0.5) is 0 Å². The highest BCUT2D eigenvalue weighted by molar-refractivity contribution is 5.69. The average molecular weight is 347 g/mol. The van der Waals surface area contributed by atoms with E-state index in [4.69, 9.17) is 0 Å². The molecule has 0 spiro atoms. The van der Waals surface area contributed by atoms with Crippen molar-refractivity contribution in [1.29, 1.82) is 0 Å². The van der Waals surface area contributed by atoms with Crippen molar-refractivity contribution in [2.75, 3.05) is 7.11 Å². The summed E-state index contributed by atoms with van der Waals surface area (Å²) in [7, 11) is 1.43. The molecule has 0 radical (unpaired) electrons. The fourth-order valence-corrected chi connectivity index (χ4v) is 2.36. The van der Waals surface area contributed by atoms with E-state index in [0.29, 0.717) is 6.42 Å². The molecule has 0 N–H and O–H groups in total. The highest BCUT2D eigenvalue weighted by Crippen LogP contribution is 2.20. The van der Waals surface area contributed by atoms with Crippen LogP contribution < -0.4 is 0 Å². The molecule has 0 fully saturated rings. The summed E-state index contributed by atoms with van der Waals surface area (Å²) >= 11 is 0. The minimum absolute atomic E-state index is 0.0539. The van der Waals surface area contributed by atoms with Crippen molar-refractivity contribution in [1.82, 2.24) is 0 Å². The molecule has 0 heterocycles. The first kappa shape index (κ1) is 23.4. The first-order valence-electron chi connectivity index (χ1n) is 9.74. The van der Waals surface area contributed by atoms with Crippen molar-refractivity contribution in [3.8, 4) is 0 Å². The monoisotopic (exact) mass is 346 g/mol. The van der Waals surface area contributed by atoms with Gasteiger partial charge in [0.15, 0.2) is 0 Å². The Labute approximate surface area is 155 Å². The molecule has 0 saturated heterocycles. The Morgan fingerprint density at radius 1 is 0.840 bits per heavy atom. The van der Waals surface area contributed by atoms with E-state index in [0.717, 1.165) is 25.7 Å². The Kier molecular flexibility index (Phi) is 14.9. The first-order chi connectivity index (χ1) is 12.0. The van der Waals surface area contributed by atoms with Crippen LogP contribution in [0.1, 0.15) is 78.6 Å². The average Bonchev–Trinajstić information content (AvgIpc) is 2.59. The molecule has 25 heavy (non-hydrogen) atoms. The summed E-state index contributed by atoms with van der Waals surface area (Å²) in [6.45, 7) is 6.63. The highest BCUT2D eigenvalue weighted by atomic mass is 16.5. The van der Waals surface area contributed by atoms with Gasteiger partial charge in [-0.1, -0.05) is 82.2 Å². The summed E-state index contributed by atoms with van der Waals surface area (Å²) < 4.78 is 4.64. The van der Waals surface area contributed by atoms with Crippen molar-refractivity contribution in [3.63, 3.8) is 0 Å². The van der Waals surface area contributed by atoms with E-state index in [2.05, 4.69) is 74.1 Å². The molecule has 2 nitrogen and oxygen atoms in total. The van der Waals surface area contributed by atoms with E-state index in [9.17, 15) is 4.79 Å². The number of hydrogen-bond acceptors (Lipinski definition) is 2. The number of carbonyl (C=O) groups excluding carboxylic acids is 1. The second-order valence-electron chi connectivity index (χ2n) is 7.00. The van der Waals surface area contributed by atoms with E-state index in [-0.39, 0.29) is 11.4 Å². The molecule has 0 amide bonds. The summed E-state index contributed by atoms with van der Waals surface area (Å²) in [5.41, 5.74) is 0.0539. The Morgan fingerprint density at radius 3 is 2.12 bits per heavy atom. The lowest BCUT2D eigenvalue weighted by atomic mass is 9.91. The van der Waals surface area contributed by atoms with Crippen LogP contribution in [0.3, 0.4) is 0 Å². The molecule has 142 valence electrons. The molecular weight excluding hydrogens is 308 g/mol. The van der Waals surface area contributed by atoms with E-state index < -0.39 is 0 Å². The van der Waals surface area contributed by atoms with E-state index >= 15 is 0 Å². The largest absolute Gasteiger partial charge is 0.469 e. The maximum absolute atomic E-state index is 11.0. The maximum atomic E-state index is 11.0. The summed E-state index contributed by atoms with van der Waals surface area (Å²) in [5.74, 6) is -0.129. The SMILES string of the molecule is CCCCC/C=C/C/C=C/C/C=C/C(C)(C)/C=C/CCCC(=O)OC. The lowest BCUT2D eigenvalue weighted by Gasteiger charge is -2.14. The Hall–Kier alpha value is -1.57. The van der Waals surface area contributed by atoms with Gasteiger partial charge in [0, 0.05) is 11.8 Å². The van der Waals surface area contributed by atoms with Gasteiger partial charge in [0.05, 0.1) is 7.11 Å². The third kappa shape index (κ3) is 17.1. The zero-order valence-electron chi connectivity index (χ0n) is 16.8. The molecule has 0 aliphatic heterocycles. The van der Waals surface area contributed by atoms with Gasteiger partial charge in [0.2, 0.25) is 0 Å². The fourth-order valence-electron chi connectivity index (χ4n) is 2.36.